The molecule has 1 saturated carbocycles. The number of nitriles is 1. The Labute approximate surface area is 190 Å². The molecule has 0 bridgehead atoms. The number of rotatable bonds is 6. The highest BCUT2D eigenvalue weighted by Crippen LogP contribution is 2.42. The molecule has 1 atom stereocenters. The lowest BCUT2D eigenvalue weighted by molar-refractivity contribution is -0.147. The molecular weight excluding hydrogens is 453 g/mol. The second kappa shape index (κ2) is 8.47. The summed E-state index contributed by atoms with van der Waals surface area (Å²) in [4.78, 5) is 4.34. The number of hydrogen-bond donors (Lipinski definition) is 1. The van der Waals surface area contributed by atoms with Gasteiger partial charge in [0.05, 0.1) is 16.2 Å². The number of nitrogens with one attached hydrogen (secondary N) is 1. The van der Waals surface area contributed by atoms with Gasteiger partial charge in [0.15, 0.2) is 0 Å². The topological polar surface area (TPSA) is 87.8 Å². The van der Waals surface area contributed by atoms with E-state index in [2.05, 4.69) is 11.1 Å². The standard InChI is InChI=1S/C23H23F3N4O2S/c1-3-15-11-19-20(12-27)21(30(17-5-4-6-17)22(19)28-13-15)16-7-9-18(10-8-16)33(31,32)29-14(2)23(24,25)26/h7-11,13-14,17,29H,3-6H2,1-2H3/t14-/m1/s1. The van der Waals surface area contributed by atoms with Crippen LogP contribution in [0.3, 0.4) is 0 Å². The van der Waals surface area contributed by atoms with Crippen molar-refractivity contribution in [2.75, 3.05) is 0 Å². The fourth-order valence-corrected chi connectivity index (χ4v) is 5.21. The Morgan fingerprint density at radius 2 is 1.94 bits per heavy atom. The van der Waals surface area contributed by atoms with Crippen molar-refractivity contribution >= 4 is 21.1 Å². The second-order valence-electron chi connectivity index (χ2n) is 8.27. The zero-order valence-electron chi connectivity index (χ0n) is 18.1. The van der Waals surface area contributed by atoms with E-state index >= 15 is 0 Å². The molecule has 2 aromatic heterocycles. The van der Waals surface area contributed by atoms with E-state index in [0.29, 0.717) is 22.5 Å². The third-order valence-corrected chi connectivity index (χ3v) is 7.68. The van der Waals surface area contributed by atoms with Gasteiger partial charge in [0.25, 0.3) is 0 Å². The number of nitrogens with zero attached hydrogens (tertiary/aromatic N) is 3. The van der Waals surface area contributed by atoms with Crippen LogP contribution in [0.2, 0.25) is 0 Å². The Morgan fingerprint density at radius 3 is 2.45 bits per heavy atom. The number of hydrogen-bond acceptors (Lipinski definition) is 4. The first-order valence-electron chi connectivity index (χ1n) is 10.7. The molecule has 4 rings (SSSR count). The molecule has 0 unspecified atom stereocenters. The van der Waals surface area contributed by atoms with Gasteiger partial charge in [0.2, 0.25) is 10.0 Å². The van der Waals surface area contributed by atoms with E-state index in [-0.39, 0.29) is 10.9 Å². The van der Waals surface area contributed by atoms with Crippen molar-refractivity contribution in [2.24, 2.45) is 0 Å². The van der Waals surface area contributed by atoms with Crippen molar-refractivity contribution in [1.82, 2.24) is 14.3 Å². The van der Waals surface area contributed by atoms with Gasteiger partial charge in [-0.25, -0.2) is 13.4 Å². The smallest absolute Gasteiger partial charge is 0.321 e. The van der Waals surface area contributed by atoms with E-state index in [1.807, 2.05) is 17.6 Å². The van der Waals surface area contributed by atoms with Crippen molar-refractivity contribution in [3.8, 4) is 17.3 Å². The molecule has 0 saturated heterocycles. The predicted octanol–water partition coefficient (Wildman–Crippen LogP) is 5.09. The summed E-state index contributed by atoms with van der Waals surface area (Å²) in [6, 6.07) is 7.78. The summed E-state index contributed by atoms with van der Waals surface area (Å²) in [5.41, 5.74) is 3.43. The van der Waals surface area contributed by atoms with Crippen LogP contribution in [0, 0.1) is 11.3 Å². The number of benzene rings is 1. The Hall–Kier alpha value is -2.90. The van der Waals surface area contributed by atoms with Crippen molar-refractivity contribution in [1.29, 1.82) is 5.26 Å². The van der Waals surface area contributed by atoms with Crippen molar-refractivity contribution in [3.05, 3.63) is 47.7 Å². The van der Waals surface area contributed by atoms with Crippen molar-refractivity contribution in [3.63, 3.8) is 0 Å². The lowest BCUT2D eigenvalue weighted by Gasteiger charge is -2.29. The van der Waals surface area contributed by atoms with Gasteiger partial charge in [0, 0.05) is 17.6 Å². The number of sulfonamides is 1. The normalized spacial score (nSPS) is 15.9. The van der Waals surface area contributed by atoms with Crippen molar-refractivity contribution in [2.45, 2.75) is 62.7 Å². The largest absolute Gasteiger partial charge is 0.404 e. The lowest BCUT2D eigenvalue weighted by Crippen LogP contribution is -2.42. The Kier molecular flexibility index (Phi) is 5.97. The molecule has 0 radical (unpaired) electrons. The van der Waals surface area contributed by atoms with E-state index in [4.69, 9.17) is 0 Å². The van der Waals surface area contributed by atoms with Crippen LogP contribution in [0.1, 0.15) is 50.3 Å². The summed E-state index contributed by atoms with van der Waals surface area (Å²) < 4.78 is 67.0. The van der Waals surface area contributed by atoms with E-state index in [0.717, 1.165) is 43.6 Å². The zero-order valence-corrected chi connectivity index (χ0v) is 19.0. The number of aromatic nitrogens is 2. The van der Waals surface area contributed by atoms with Crippen LogP contribution in [0.25, 0.3) is 22.3 Å². The monoisotopic (exact) mass is 476 g/mol. The fourth-order valence-electron chi connectivity index (χ4n) is 3.98. The van der Waals surface area contributed by atoms with Gasteiger partial charge in [-0.15, -0.1) is 0 Å². The number of fused-ring (bicyclic) bond motifs is 1. The molecule has 33 heavy (non-hydrogen) atoms. The molecule has 0 aliphatic heterocycles. The van der Waals surface area contributed by atoms with Gasteiger partial charge in [0.1, 0.15) is 17.8 Å². The van der Waals surface area contributed by atoms with Crippen LogP contribution in [0.15, 0.2) is 41.4 Å². The first-order chi connectivity index (χ1) is 15.6. The Morgan fingerprint density at radius 1 is 1.27 bits per heavy atom. The maximum atomic E-state index is 12.8. The summed E-state index contributed by atoms with van der Waals surface area (Å²) in [5.74, 6) is 0. The number of pyridine rings is 1. The summed E-state index contributed by atoms with van der Waals surface area (Å²) in [6.45, 7) is 2.76. The summed E-state index contributed by atoms with van der Waals surface area (Å²) in [7, 11) is -4.37. The Bertz CT molecular complexity index is 1340. The highest BCUT2D eigenvalue weighted by molar-refractivity contribution is 7.89. The fraction of sp³-hybridized carbons (Fsp3) is 0.391. The average molecular weight is 477 g/mol. The van der Waals surface area contributed by atoms with E-state index in [9.17, 15) is 26.9 Å². The van der Waals surface area contributed by atoms with Gasteiger partial charge in [-0.3, -0.25) is 0 Å². The van der Waals surface area contributed by atoms with E-state index in [1.54, 1.807) is 10.9 Å². The molecule has 2 heterocycles. The Balaban J connectivity index is 1.80. The SMILES string of the molecule is CCc1cnc2c(c1)c(C#N)c(-c1ccc(S(=O)(=O)N[C@H](C)C(F)(F)F)cc1)n2C1CCC1. The molecule has 3 aromatic rings. The van der Waals surface area contributed by atoms with E-state index < -0.39 is 22.2 Å². The first-order valence-corrected chi connectivity index (χ1v) is 12.2. The highest BCUT2D eigenvalue weighted by Gasteiger charge is 2.39. The lowest BCUT2D eigenvalue weighted by atomic mass is 9.92. The van der Waals surface area contributed by atoms with Gasteiger partial charge >= 0.3 is 6.18 Å². The molecule has 1 fully saturated rings. The zero-order chi connectivity index (χ0) is 24.0. The molecule has 0 amide bonds. The third-order valence-electron chi connectivity index (χ3n) is 6.12. The van der Waals surface area contributed by atoms with Crippen LogP contribution < -0.4 is 4.72 Å². The molecule has 6 nitrogen and oxygen atoms in total. The minimum Gasteiger partial charge on any atom is -0.321 e. The number of alkyl halides is 3. The highest BCUT2D eigenvalue weighted by atomic mass is 32.2. The van der Waals surface area contributed by atoms with Crippen LogP contribution in [-0.4, -0.2) is 30.2 Å². The molecule has 1 aliphatic carbocycles. The van der Waals surface area contributed by atoms with Crippen LogP contribution in [-0.2, 0) is 16.4 Å². The van der Waals surface area contributed by atoms with Crippen LogP contribution in [0.4, 0.5) is 13.2 Å². The van der Waals surface area contributed by atoms with Gasteiger partial charge in [-0.1, -0.05) is 19.1 Å². The third kappa shape index (κ3) is 4.23. The first kappa shape index (κ1) is 23.3. The summed E-state index contributed by atoms with van der Waals surface area (Å²) in [6.07, 6.45) is 0.843. The molecule has 1 aromatic carbocycles. The average Bonchev–Trinajstić information content (AvgIpc) is 3.04. The quantitative estimate of drug-likeness (QED) is 0.537. The maximum absolute atomic E-state index is 12.8. The molecule has 1 N–H and O–H groups in total. The molecular formula is C23H23F3N4O2S. The van der Waals surface area contributed by atoms with Gasteiger partial charge in [-0.2, -0.15) is 23.2 Å². The molecule has 10 heteroatoms. The molecule has 0 spiro atoms. The number of aryl methyl sites for hydroxylation is 1. The second-order valence-corrected chi connectivity index (χ2v) is 9.98. The summed E-state index contributed by atoms with van der Waals surface area (Å²) >= 11 is 0. The molecule has 174 valence electrons. The van der Waals surface area contributed by atoms with Crippen LogP contribution in [0.5, 0.6) is 0 Å². The summed E-state index contributed by atoms with van der Waals surface area (Å²) in [5, 5.41) is 10.7. The van der Waals surface area contributed by atoms with Gasteiger partial charge < -0.3 is 4.57 Å². The minimum atomic E-state index is -4.69. The van der Waals surface area contributed by atoms with Gasteiger partial charge in [-0.05, 0) is 61.9 Å². The van der Waals surface area contributed by atoms with Crippen molar-refractivity contribution < 1.29 is 21.6 Å². The van der Waals surface area contributed by atoms with Crippen LogP contribution >= 0.6 is 0 Å². The minimum absolute atomic E-state index is 0.183. The molecule has 1 aliphatic rings. The predicted molar refractivity (Wildman–Crippen MR) is 118 cm³/mol. The van der Waals surface area contributed by atoms with E-state index in [1.165, 1.54) is 24.3 Å². The maximum Gasteiger partial charge on any atom is 0.404 e. The number of halogens is 3.